The van der Waals surface area contributed by atoms with Crippen LogP contribution in [0.4, 0.5) is 9.59 Å². The van der Waals surface area contributed by atoms with E-state index in [-0.39, 0.29) is 19.1 Å². The molecular formula is C35H44N2O8. The van der Waals surface area contributed by atoms with Crippen molar-refractivity contribution >= 4 is 35.0 Å². The van der Waals surface area contributed by atoms with Crippen molar-refractivity contribution in [2.24, 2.45) is 0 Å². The van der Waals surface area contributed by atoms with Crippen LogP contribution in [0.2, 0.25) is 0 Å². The Hall–Kier alpha value is -4.34. The van der Waals surface area contributed by atoms with Gasteiger partial charge in [0.2, 0.25) is 0 Å². The topological polar surface area (TPSA) is 133 Å². The maximum Gasteiger partial charge on any atom is 0.509 e. The van der Waals surface area contributed by atoms with Crippen LogP contribution >= 0.6 is 0 Å². The number of fused-ring (bicyclic) bond motifs is 1. The van der Waals surface area contributed by atoms with Gasteiger partial charge in [0.15, 0.2) is 5.60 Å². The summed E-state index contributed by atoms with van der Waals surface area (Å²) >= 11 is 0. The van der Waals surface area contributed by atoms with E-state index >= 15 is 0 Å². The molecular weight excluding hydrogens is 576 g/mol. The molecule has 0 radical (unpaired) electrons. The predicted octanol–water partition coefficient (Wildman–Crippen LogP) is 7.00. The SMILES string of the molecule is CCOC(=O)C(C)(C)c1ccc2c(c1)c(C(C)CNC(=O)C1(OC(=O)OC(C)(C)C)CC1)c(-c1cc(C)cc(C)c1)n2C(=O)O. The Labute approximate surface area is 264 Å². The molecule has 0 saturated heterocycles. The highest BCUT2D eigenvalue weighted by molar-refractivity contribution is 6.01. The molecule has 1 aliphatic carbocycles. The summed E-state index contributed by atoms with van der Waals surface area (Å²) in [7, 11) is 0. The van der Waals surface area contributed by atoms with Gasteiger partial charge in [-0.3, -0.25) is 9.59 Å². The fourth-order valence-corrected chi connectivity index (χ4v) is 5.66. The summed E-state index contributed by atoms with van der Waals surface area (Å²) in [5, 5.41) is 14.1. The van der Waals surface area contributed by atoms with E-state index in [1.165, 1.54) is 4.57 Å². The Morgan fingerprint density at radius 3 is 2.16 bits per heavy atom. The number of rotatable bonds is 9. The van der Waals surface area contributed by atoms with E-state index in [9.17, 15) is 24.3 Å². The molecule has 10 nitrogen and oxygen atoms in total. The first-order chi connectivity index (χ1) is 20.9. The number of benzene rings is 2. The van der Waals surface area contributed by atoms with Gasteiger partial charge in [0.1, 0.15) is 5.60 Å². The number of nitrogens with zero attached hydrogens (tertiary/aromatic N) is 1. The number of esters is 1. The molecule has 1 aliphatic rings. The largest absolute Gasteiger partial charge is 0.509 e. The third-order valence-electron chi connectivity index (χ3n) is 8.05. The Kier molecular flexibility index (Phi) is 9.11. The van der Waals surface area contributed by atoms with Gasteiger partial charge in [-0.15, -0.1) is 0 Å². The number of aryl methyl sites for hydroxylation is 2. The Morgan fingerprint density at radius 1 is 1.00 bits per heavy atom. The van der Waals surface area contributed by atoms with Gasteiger partial charge in [0.05, 0.1) is 23.2 Å². The van der Waals surface area contributed by atoms with Crippen LogP contribution in [0.25, 0.3) is 22.2 Å². The minimum Gasteiger partial charge on any atom is -0.465 e. The van der Waals surface area contributed by atoms with Crippen molar-refractivity contribution < 1.29 is 38.5 Å². The fourth-order valence-electron chi connectivity index (χ4n) is 5.66. The number of nitrogens with one attached hydrogen (secondary N) is 1. The lowest BCUT2D eigenvalue weighted by molar-refractivity contribution is -0.148. The van der Waals surface area contributed by atoms with E-state index < -0.39 is 40.7 Å². The molecule has 3 aromatic rings. The lowest BCUT2D eigenvalue weighted by Gasteiger charge is -2.24. The molecule has 0 aliphatic heterocycles. The molecule has 1 fully saturated rings. The van der Waals surface area contributed by atoms with E-state index in [4.69, 9.17) is 14.2 Å². The highest BCUT2D eigenvalue weighted by Crippen LogP contribution is 2.43. The molecule has 10 heteroatoms. The Balaban J connectivity index is 1.80. The molecule has 4 rings (SSSR count). The molecule has 0 bridgehead atoms. The quantitative estimate of drug-likeness (QED) is 0.245. The van der Waals surface area contributed by atoms with E-state index in [0.717, 1.165) is 16.7 Å². The van der Waals surface area contributed by atoms with Crippen molar-refractivity contribution in [1.82, 2.24) is 9.88 Å². The summed E-state index contributed by atoms with van der Waals surface area (Å²) in [5.41, 5.74) is 1.94. The summed E-state index contributed by atoms with van der Waals surface area (Å²) in [5.74, 6) is -1.21. The number of carbonyl (C=O) groups excluding carboxylic acids is 3. The smallest absolute Gasteiger partial charge is 0.465 e. The number of hydrogen-bond acceptors (Lipinski definition) is 7. The third-order valence-corrected chi connectivity index (χ3v) is 8.05. The van der Waals surface area contributed by atoms with Gasteiger partial charge in [0.25, 0.3) is 5.91 Å². The molecule has 1 amide bonds. The minimum atomic E-state index is -1.29. The van der Waals surface area contributed by atoms with Crippen LogP contribution in [-0.4, -0.2) is 58.2 Å². The molecule has 2 N–H and O–H groups in total. The van der Waals surface area contributed by atoms with Crippen LogP contribution in [0.15, 0.2) is 36.4 Å². The summed E-state index contributed by atoms with van der Waals surface area (Å²) in [6.07, 6.45) is -1.30. The standard InChI is InChI=1S/C35H44N2O8/c1-10-43-30(39)34(8,9)24-11-12-26-25(18-24)27(28(37(26)31(40)41)23-16-20(2)15-21(3)17-23)22(4)19-36-29(38)35(13-14-35)45-32(42)44-33(5,6)7/h11-12,15-18,22H,10,13-14,19H2,1-9H3,(H,36,38)(H,40,41). The maximum atomic E-state index is 13.3. The van der Waals surface area contributed by atoms with Crippen LogP contribution < -0.4 is 5.32 Å². The van der Waals surface area contributed by atoms with E-state index in [1.54, 1.807) is 53.7 Å². The fraction of sp³-hybridized carbons (Fsp3) is 0.486. The van der Waals surface area contributed by atoms with Gasteiger partial charge in [-0.1, -0.05) is 30.2 Å². The number of amides is 1. The molecule has 1 atom stereocenters. The van der Waals surface area contributed by atoms with E-state index in [1.807, 2.05) is 45.0 Å². The summed E-state index contributed by atoms with van der Waals surface area (Å²) in [6, 6.07) is 11.2. The molecule has 1 saturated carbocycles. The number of carboxylic acid groups (broad SMARTS) is 1. The summed E-state index contributed by atoms with van der Waals surface area (Å²) < 4.78 is 17.3. The molecule has 242 valence electrons. The van der Waals surface area contributed by atoms with Crippen LogP contribution in [0.1, 0.15) is 89.5 Å². The lowest BCUT2D eigenvalue weighted by Crippen LogP contribution is -2.42. The minimum absolute atomic E-state index is 0.139. The number of aromatic nitrogens is 1. The van der Waals surface area contributed by atoms with Crippen molar-refractivity contribution in [1.29, 1.82) is 0 Å². The molecule has 1 aromatic heterocycles. The van der Waals surface area contributed by atoms with Crippen molar-refractivity contribution in [3.05, 3.63) is 58.7 Å². The van der Waals surface area contributed by atoms with Gasteiger partial charge in [-0.05, 0) is 96.3 Å². The molecule has 45 heavy (non-hydrogen) atoms. The van der Waals surface area contributed by atoms with E-state index in [0.29, 0.717) is 40.6 Å². The molecule has 1 unspecified atom stereocenters. The molecule has 0 spiro atoms. The number of hydrogen-bond donors (Lipinski definition) is 2. The van der Waals surface area contributed by atoms with Crippen molar-refractivity contribution in [3.8, 4) is 11.3 Å². The number of carbonyl (C=O) groups is 4. The summed E-state index contributed by atoms with van der Waals surface area (Å²) in [4.78, 5) is 51.4. The first kappa shape index (κ1) is 33.6. The second-order valence-electron chi connectivity index (χ2n) is 13.5. The zero-order valence-electron chi connectivity index (χ0n) is 27.6. The van der Waals surface area contributed by atoms with Crippen LogP contribution in [0.3, 0.4) is 0 Å². The second-order valence-corrected chi connectivity index (χ2v) is 13.5. The molecule has 1 heterocycles. The van der Waals surface area contributed by atoms with Crippen molar-refractivity contribution in [3.63, 3.8) is 0 Å². The highest BCUT2D eigenvalue weighted by Gasteiger charge is 2.55. The normalized spacial score (nSPS) is 14.9. The van der Waals surface area contributed by atoms with Gasteiger partial charge in [-0.25, -0.2) is 14.2 Å². The zero-order valence-corrected chi connectivity index (χ0v) is 27.6. The first-order valence-electron chi connectivity index (χ1n) is 15.3. The van der Waals surface area contributed by atoms with E-state index in [2.05, 4.69) is 5.32 Å². The van der Waals surface area contributed by atoms with Gasteiger partial charge < -0.3 is 24.6 Å². The highest BCUT2D eigenvalue weighted by atomic mass is 16.7. The van der Waals surface area contributed by atoms with Gasteiger partial charge in [0, 0.05) is 30.7 Å². The first-order valence-corrected chi connectivity index (χ1v) is 15.3. The average molecular weight is 621 g/mol. The maximum absolute atomic E-state index is 13.3. The third kappa shape index (κ3) is 7.00. The van der Waals surface area contributed by atoms with Crippen LogP contribution in [0.5, 0.6) is 0 Å². The van der Waals surface area contributed by atoms with Crippen LogP contribution in [0, 0.1) is 13.8 Å². The number of ether oxygens (including phenoxy) is 3. The molecule has 2 aromatic carbocycles. The van der Waals surface area contributed by atoms with Crippen molar-refractivity contribution in [2.45, 2.75) is 97.7 Å². The summed E-state index contributed by atoms with van der Waals surface area (Å²) in [6.45, 7) is 16.6. The Morgan fingerprint density at radius 2 is 1.62 bits per heavy atom. The van der Waals surface area contributed by atoms with Crippen LogP contribution in [-0.2, 0) is 29.2 Å². The second kappa shape index (κ2) is 12.2. The van der Waals surface area contributed by atoms with Gasteiger partial charge >= 0.3 is 18.2 Å². The Bertz CT molecular complexity index is 1640. The van der Waals surface area contributed by atoms with Crippen molar-refractivity contribution in [2.75, 3.05) is 13.2 Å². The van der Waals surface area contributed by atoms with Gasteiger partial charge in [-0.2, -0.15) is 0 Å². The monoisotopic (exact) mass is 620 g/mol. The zero-order chi connectivity index (χ0) is 33.5. The lowest BCUT2D eigenvalue weighted by atomic mass is 9.83. The predicted molar refractivity (Wildman–Crippen MR) is 171 cm³/mol. The average Bonchev–Trinajstić information content (AvgIpc) is 3.61.